The Labute approximate surface area is 614 Å². The van der Waals surface area contributed by atoms with Crippen LogP contribution < -0.4 is 0 Å². The molecule has 12 fully saturated rings. The van der Waals surface area contributed by atoms with Crippen LogP contribution in [-0.4, -0.2) is 148 Å². The zero-order chi connectivity index (χ0) is 73.3. The van der Waals surface area contributed by atoms with Gasteiger partial charge in [-0.2, -0.15) is 0 Å². The molecule has 0 aliphatic heterocycles. The summed E-state index contributed by atoms with van der Waals surface area (Å²) in [6, 6.07) is 20.8. The Morgan fingerprint density at radius 1 is 0.422 bits per heavy atom. The molecule has 10 N–H and O–H groups in total. The van der Waals surface area contributed by atoms with Crippen molar-refractivity contribution in [2.75, 3.05) is 20.6 Å². The average molecular weight is 1420 g/mol. The molecule has 0 saturated heterocycles. The van der Waals surface area contributed by atoms with Crippen LogP contribution in [0.3, 0.4) is 0 Å². The first kappa shape index (κ1) is 78.6. The molecule has 14 heteroatoms. The summed E-state index contributed by atoms with van der Waals surface area (Å²) in [7, 11) is 4.11. The van der Waals surface area contributed by atoms with Crippen LogP contribution in [0.25, 0.3) is 0 Å². The van der Waals surface area contributed by atoms with Crippen LogP contribution in [0.4, 0.5) is 0 Å². The van der Waals surface area contributed by atoms with E-state index in [0.29, 0.717) is 108 Å². The number of aliphatic carboxylic acids is 1. The number of nitrogens with zero attached hydrogens (tertiary/aromatic N) is 2. The molecule has 0 unspecified atom stereocenters. The number of fused-ring (bicyclic) bond motifs is 15. The van der Waals surface area contributed by atoms with E-state index in [-0.39, 0.29) is 111 Å². The van der Waals surface area contributed by atoms with Crippen LogP contribution in [0.2, 0.25) is 0 Å². The first-order valence-electron chi connectivity index (χ1n) is 41.6. The first-order valence-corrected chi connectivity index (χ1v) is 41.6. The zero-order valence-corrected chi connectivity index (χ0v) is 64.8. The van der Waals surface area contributed by atoms with Gasteiger partial charge >= 0.3 is 5.97 Å². The van der Waals surface area contributed by atoms with Gasteiger partial charge in [-0.25, -0.2) is 0 Å². The van der Waals surface area contributed by atoms with Crippen molar-refractivity contribution in [2.24, 2.45) is 139 Å². The summed E-state index contributed by atoms with van der Waals surface area (Å²) < 4.78 is 0. The number of carboxylic acids is 1. The zero-order valence-electron chi connectivity index (χ0n) is 64.8. The molecule has 0 bridgehead atoms. The lowest BCUT2D eigenvalue weighted by atomic mass is 9.43. The van der Waals surface area contributed by atoms with Crippen molar-refractivity contribution in [1.29, 1.82) is 0 Å². The first-order chi connectivity index (χ1) is 48.3. The maximum atomic E-state index is 12.9. The number of carbonyl (C=O) groups excluding carboxylic acids is 1. The maximum Gasteiger partial charge on any atom is 0.303 e. The van der Waals surface area contributed by atoms with E-state index in [2.05, 4.69) is 117 Å². The van der Waals surface area contributed by atoms with Gasteiger partial charge in [0.05, 0.1) is 54.9 Å². The lowest BCUT2D eigenvalue weighted by Crippen LogP contribution is -2.62. The molecule has 574 valence electrons. The second kappa shape index (κ2) is 31.2. The molecule has 0 radical (unpaired) electrons. The smallest absolute Gasteiger partial charge is 0.303 e. The standard InChI is InChI=1S/C32H49NO4.C32H51NO3.C24H40O5/c1-20(10-13-29(37)33(4)19-21-8-6-5-7-9-21)24-11-12-25-30-26(18-28(36)32(24,25)3)31(2)15-14-23(34)16-22(31)17-27(30)35;1-21(9-8-16-33(4)20-22-10-6-5-7-11-22)25-12-13-26-30-27(19-29(36)32(25,26)3)31(2)15-14-24(34)17-23(31)18-28(30)35;1-13(4-7-21(28)29)16-5-6-17-22-18(12-20(27)24(16,17)3)23(2)9-8-15(25)10-14(23)11-19(22)26/h5-9,20,22-28,30,34-36H,10-19H2,1-4H3;5-7,10-11,21,23-30,34-36H,8-9,12-20H2,1-4H3;13-20,22,25-27H,4-12H2,1-3H3,(H,28,29)/t20-,22+,23-,24-,25+,26+,27-,28+,30+,31+,32-;21-,23-,24+,25+,26-,27-,28+,29-,30-,31-,32+;13-,14+,15-,16-,17+,18+,19-,20+,22+,23+,24-/m101/s1. The van der Waals surface area contributed by atoms with E-state index in [0.717, 1.165) is 153 Å². The Bertz CT molecular complexity index is 3100. The number of benzene rings is 2. The third-order valence-electron chi connectivity index (χ3n) is 34.4. The molecule has 33 atom stereocenters. The molecule has 12 saturated carbocycles. The number of carboxylic acid groups (broad SMARTS) is 1. The van der Waals surface area contributed by atoms with E-state index in [1.807, 2.05) is 30.1 Å². The Hall–Kier alpha value is -3.02. The lowest BCUT2D eigenvalue weighted by molar-refractivity contribution is -0.207. The lowest BCUT2D eigenvalue weighted by Gasteiger charge is -2.63. The van der Waals surface area contributed by atoms with Gasteiger partial charge in [0.15, 0.2) is 0 Å². The number of aliphatic hydroxyl groups excluding tert-OH is 9. The highest BCUT2D eigenvalue weighted by Gasteiger charge is 2.69. The van der Waals surface area contributed by atoms with Gasteiger partial charge in [0.2, 0.25) is 5.91 Å². The number of rotatable bonds is 17. The van der Waals surface area contributed by atoms with Crippen molar-refractivity contribution in [1.82, 2.24) is 9.80 Å². The fraction of sp³-hybridized carbons (Fsp3) is 0.841. The normalized spacial score (nSPS) is 46.9. The number of amides is 1. The topological polar surface area (TPSA) is 243 Å². The molecule has 2 aromatic carbocycles. The van der Waals surface area contributed by atoms with Gasteiger partial charge in [-0.3, -0.25) is 9.59 Å². The van der Waals surface area contributed by atoms with Crippen molar-refractivity contribution in [3.05, 3.63) is 71.8 Å². The van der Waals surface area contributed by atoms with E-state index in [9.17, 15) is 55.5 Å². The monoisotopic (exact) mass is 1420 g/mol. The fourth-order valence-electron chi connectivity index (χ4n) is 28.5. The predicted molar refractivity (Wildman–Crippen MR) is 401 cm³/mol. The largest absolute Gasteiger partial charge is 0.481 e. The minimum absolute atomic E-state index is 0.0884. The summed E-state index contributed by atoms with van der Waals surface area (Å²) in [5.74, 6) is 5.74. The minimum Gasteiger partial charge on any atom is -0.481 e. The third-order valence-corrected chi connectivity index (χ3v) is 34.4. The molecule has 14 rings (SSSR count). The highest BCUT2D eigenvalue weighted by molar-refractivity contribution is 5.75. The van der Waals surface area contributed by atoms with E-state index in [4.69, 9.17) is 5.11 Å². The van der Waals surface area contributed by atoms with Crippen molar-refractivity contribution < 1.29 is 60.7 Å². The molecule has 0 spiro atoms. The summed E-state index contributed by atoms with van der Waals surface area (Å²) >= 11 is 0. The van der Waals surface area contributed by atoms with Crippen molar-refractivity contribution in [2.45, 2.75) is 304 Å². The van der Waals surface area contributed by atoms with Crippen LogP contribution in [0.5, 0.6) is 0 Å². The molecular formula is C88H140N2O12. The van der Waals surface area contributed by atoms with Gasteiger partial charge in [0.1, 0.15) is 0 Å². The van der Waals surface area contributed by atoms with Gasteiger partial charge in [-0.1, -0.05) is 123 Å². The molecule has 12 aliphatic carbocycles. The molecule has 1 amide bonds. The van der Waals surface area contributed by atoms with Crippen LogP contribution in [0.15, 0.2) is 60.7 Å². The summed E-state index contributed by atoms with van der Waals surface area (Å²) in [4.78, 5) is 28.3. The Morgan fingerprint density at radius 2 is 0.755 bits per heavy atom. The van der Waals surface area contributed by atoms with Gasteiger partial charge in [0.25, 0.3) is 0 Å². The highest BCUT2D eigenvalue weighted by atomic mass is 16.4. The SMILES string of the molecule is C[C@@H](CCCN(C)Cc1ccccc1)[C@H]1CC[C@H]2[C@@H]3[C@H](O)C[C@@H]4C[C@H](O)CC[C@]4(C)[C@H]3C[C@H](O)[C@]12C.C[C@H](CCC(=O)N(C)Cc1ccccc1)[C@H]1CC[C@H]2[C@@H]3[C@H](O)C[C@@H]4C[C@H](O)CC[C@]4(C)[C@H]3C[C@H](O)[C@]12C.C[C@H](CCC(=O)O)[C@H]1CC[C@H]2[C@@H]3[C@H](O)C[C@@H]4C[C@H](O)CC[C@]4(C)[C@H]3C[C@H](O)[C@]12C. The highest BCUT2D eigenvalue weighted by Crippen LogP contribution is 2.72. The van der Waals surface area contributed by atoms with Crippen molar-refractivity contribution in [3.8, 4) is 0 Å². The number of aliphatic hydroxyl groups is 9. The fourth-order valence-corrected chi connectivity index (χ4v) is 28.5. The number of hydrogen-bond donors (Lipinski definition) is 10. The summed E-state index contributed by atoms with van der Waals surface area (Å²) in [6.07, 6.45) is 21.1. The molecule has 102 heavy (non-hydrogen) atoms. The predicted octanol–water partition coefficient (Wildman–Crippen LogP) is 14.0. The molecule has 0 aromatic heterocycles. The van der Waals surface area contributed by atoms with Crippen LogP contribution >= 0.6 is 0 Å². The number of carbonyl (C=O) groups is 2. The molecule has 12 aliphatic rings. The van der Waals surface area contributed by atoms with Crippen LogP contribution in [0.1, 0.15) is 247 Å². The van der Waals surface area contributed by atoms with E-state index in [1.54, 1.807) is 0 Å². The average Bonchev–Trinajstić information content (AvgIpc) is 1.38. The van der Waals surface area contributed by atoms with E-state index in [1.165, 1.54) is 24.8 Å². The Morgan fingerprint density at radius 3 is 1.11 bits per heavy atom. The summed E-state index contributed by atoms with van der Waals surface area (Å²) in [6.45, 7) is 23.6. The maximum absolute atomic E-state index is 12.9. The molecule has 14 nitrogen and oxygen atoms in total. The molecular weight excluding hydrogens is 1280 g/mol. The van der Waals surface area contributed by atoms with Crippen LogP contribution in [0, 0.1) is 139 Å². The summed E-state index contributed by atoms with van der Waals surface area (Å²) in [5.41, 5.74) is 2.33. The van der Waals surface area contributed by atoms with Crippen molar-refractivity contribution in [3.63, 3.8) is 0 Å². The molecule has 2 aromatic rings. The second-order valence-corrected chi connectivity index (χ2v) is 39.1. The minimum atomic E-state index is -0.748. The second-order valence-electron chi connectivity index (χ2n) is 39.1. The van der Waals surface area contributed by atoms with Crippen molar-refractivity contribution >= 4 is 11.9 Å². The van der Waals surface area contributed by atoms with E-state index < -0.39 is 12.1 Å². The molecule has 0 heterocycles. The van der Waals surface area contributed by atoms with E-state index >= 15 is 0 Å². The van der Waals surface area contributed by atoms with Gasteiger partial charge in [0, 0.05) is 33.0 Å². The van der Waals surface area contributed by atoms with Gasteiger partial charge < -0.3 is 60.9 Å². The third kappa shape index (κ3) is 14.5. The van der Waals surface area contributed by atoms with Gasteiger partial charge in [-0.05, 0) is 324 Å². The Balaban J connectivity index is 0.000000146. The summed E-state index contributed by atoms with van der Waals surface area (Å²) in [5, 5.41) is 109. The quantitative estimate of drug-likeness (QED) is 0.0710. The van der Waals surface area contributed by atoms with Crippen LogP contribution in [-0.2, 0) is 22.7 Å². The Kier molecular flexibility index (Phi) is 24.0. The van der Waals surface area contributed by atoms with Gasteiger partial charge in [-0.15, -0.1) is 0 Å². The number of hydrogen-bond acceptors (Lipinski definition) is 12.